The van der Waals surface area contributed by atoms with Gasteiger partial charge in [-0.15, -0.1) is 0 Å². The first-order valence-corrected chi connectivity index (χ1v) is 10.5. The highest BCUT2D eigenvalue weighted by atomic mass is 16.5. The van der Waals surface area contributed by atoms with Crippen LogP contribution >= 0.6 is 0 Å². The number of fused-ring (bicyclic) bond motifs is 1. The summed E-state index contributed by atoms with van der Waals surface area (Å²) in [4.78, 5) is 28.1. The van der Waals surface area contributed by atoms with E-state index in [1.54, 1.807) is 31.4 Å². The van der Waals surface area contributed by atoms with Gasteiger partial charge in [0.1, 0.15) is 5.75 Å². The van der Waals surface area contributed by atoms with Crippen molar-refractivity contribution in [1.29, 1.82) is 0 Å². The summed E-state index contributed by atoms with van der Waals surface area (Å²) in [5, 5.41) is 6.99. The van der Waals surface area contributed by atoms with E-state index in [0.29, 0.717) is 24.2 Å². The molecule has 1 aromatic heterocycles. The summed E-state index contributed by atoms with van der Waals surface area (Å²) >= 11 is 0. The van der Waals surface area contributed by atoms with Crippen LogP contribution in [0.1, 0.15) is 59.9 Å². The molecule has 3 rings (SSSR count). The standard InChI is InChI=1S/C25H31N3O3/c1-16(21-14-26-22-11-10-19(31-5)12-20(21)22)13-27-23(29)17-6-8-18(9-7-17)24(30)28-15-25(2,3)4/h6-12,14,16,26H,13,15H2,1-5H3,(H,27,29)(H,28,30). The number of carbonyl (C=O) groups is 2. The van der Waals surface area contributed by atoms with E-state index in [1.165, 1.54) is 0 Å². The second-order valence-electron chi connectivity index (χ2n) is 9.09. The molecule has 0 aliphatic heterocycles. The van der Waals surface area contributed by atoms with Crippen molar-refractivity contribution in [1.82, 2.24) is 15.6 Å². The quantitative estimate of drug-likeness (QED) is 0.526. The fraction of sp³-hybridized carbons (Fsp3) is 0.360. The third-order valence-electron chi connectivity index (χ3n) is 5.21. The Balaban J connectivity index is 1.60. The molecule has 6 nitrogen and oxygen atoms in total. The lowest BCUT2D eigenvalue weighted by molar-refractivity contribution is 0.0932. The van der Waals surface area contributed by atoms with Crippen LogP contribution in [0.15, 0.2) is 48.7 Å². The molecular formula is C25H31N3O3. The lowest BCUT2D eigenvalue weighted by atomic mass is 9.97. The van der Waals surface area contributed by atoms with Gasteiger partial charge in [-0.25, -0.2) is 0 Å². The predicted molar refractivity (Wildman–Crippen MR) is 124 cm³/mol. The van der Waals surface area contributed by atoms with Crippen molar-refractivity contribution < 1.29 is 14.3 Å². The summed E-state index contributed by atoms with van der Waals surface area (Å²) in [5.74, 6) is 0.625. The summed E-state index contributed by atoms with van der Waals surface area (Å²) in [6.45, 7) is 9.35. The molecule has 0 fully saturated rings. The third kappa shape index (κ3) is 5.66. The summed E-state index contributed by atoms with van der Waals surface area (Å²) in [6.07, 6.45) is 1.98. The molecule has 2 amide bonds. The Morgan fingerprint density at radius 3 is 2.19 bits per heavy atom. The number of aromatic nitrogens is 1. The molecule has 1 unspecified atom stereocenters. The topological polar surface area (TPSA) is 83.2 Å². The molecule has 1 heterocycles. The number of carbonyl (C=O) groups excluding carboxylic acids is 2. The molecule has 0 spiro atoms. The highest BCUT2D eigenvalue weighted by molar-refractivity contribution is 5.97. The highest BCUT2D eigenvalue weighted by Crippen LogP contribution is 2.28. The molecule has 0 aliphatic rings. The maximum Gasteiger partial charge on any atom is 0.251 e. The zero-order chi connectivity index (χ0) is 22.6. The van der Waals surface area contributed by atoms with Crippen LogP contribution in [0.2, 0.25) is 0 Å². The number of benzene rings is 2. The second kappa shape index (κ2) is 9.25. The molecule has 0 saturated heterocycles. The number of amides is 2. The van der Waals surface area contributed by atoms with Crippen molar-refractivity contribution in [2.75, 3.05) is 20.2 Å². The van der Waals surface area contributed by atoms with Gasteiger partial charge in [-0.3, -0.25) is 9.59 Å². The van der Waals surface area contributed by atoms with Crippen molar-refractivity contribution in [2.24, 2.45) is 5.41 Å². The number of ether oxygens (including phenoxy) is 1. The van der Waals surface area contributed by atoms with Gasteiger partial charge in [0.05, 0.1) is 7.11 Å². The molecule has 0 radical (unpaired) electrons. The normalized spacial score (nSPS) is 12.4. The number of rotatable bonds is 7. The molecule has 2 aromatic carbocycles. The Morgan fingerprint density at radius 2 is 1.61 bits per heavy atom. The molecular weight excluding hydrogens is 390 g/mol. The average Bonchev–Trinajstić information content (AvgIpc) is 3.18. The van der Waals surface area contributed by atoms with Gasteiger partial charge >= 0.3 is 0 Å². The molecule has 0 aliphatic carbocycles. The van der Waals surface area contributed by atoms with Crippen LogP contribution in [0.4, 0.5) is 0 Å². The molecule has 3 N–H and O–H groups in total. The van der Waals surface area contributed by atoms with Gasteiger partial charge in [-0.05, 0) is 53.4 Å². The monoisotopic (exact) mass is 421 g/mol. The minimum atomic E-state index is -0.161. The summed E-state index contributed by atoms with van der Waals surface area (Å²) in [7, 11) is 1.65. The lowest BCUT2D eigenvalue weighted by Gasteiger charge is -2.18. The van der Waals surface area contributed by atoms with Gasteiger partial charge in [0.2, 0.25) is 0 Å². The van der Waals surface area contributed by atoms with Gasteiger partial charge in [0.15, 0.2) is 0 Å². The van der Waals surface area contributed by atoms with Gasteiger partial charge in [-0.1, -0.05) is 27.7 Å². The summed E-state index contributed by atoms with van der Waals surface area (Å²) < 4.78 is 5.33. The lowest BCUT2D eigenvalue weighted by Crippen LogP contribution is -2.32. The Morgan fingerprint density at radius 1 is 1.00 bits per heavy atom. The van der Waals surface area contributed by atoms with E-state index in [0.717, 1.165) is 22.2 Å². The first-order valence-electron chi connectivity index (χ1n) is 10.5. The molecule has 164 valence electrons. The van der Waals surface area contributed by atoms with E-state index in [4.69, 9.17) is 4.74 Å². The smallest absolute Gasteiger partial charge is 0.251 e. The van der Waals surface area contributed by atoms with Crippen LogP contribution in [0.5, 0.6) is 5.75 Å². The third-order valence-corrected chi connectivity index (χ3v) is 5.21. The van der Waals surface area contributed by atoms with E-state index in [-0.39, 0.29) is 23.1 Å². The van der Waals surface area contributed by atoms with E-state index in [9.17, 15) is 9.59 Å². The predicted octanol–water partition coefficient (Wildman–Crippen LogP) is 4.49. The minimum Gasteiger partial charge on any atom is -0.497 e. The van der Waals surface area contributed by atoms with Crippen molar-refractivity contribution in [3.8, 4) is 5.75 Å². The van der Waals surface area contributed by atoms with Crippen LogP contribution in [0.3, 0.4) is 0 Å². The zero-order valence-electron chi connectivity index (χ0n) is 18.8. The summed E-state index contributed by atoms with van der Waals surface area (Å²) in [6, 6.07) is 12.6. The minimum absolute atomic E-state index is 0.0160. The average molecular weight is 422 g/mol. The Bertz CT molecular complexity index is 1060. The second-order valence-corrected chi connectivity index (χ2v) is 9.09. The Kier molecular flexibility index (Phi) is 6.68. The largest absolute Gasteiger partial charge is 0.497 e. The molecule has 31 heavy (non-hydrogen) atoms. The maximum atomic E-state index is 12.6. The molecule has 0 bridgehead atoms. The van der Waals surface area contributed by atoms with E-state index >= 15 is 0 Å². The van der Waals surface area contributed by atoms with Crippen molar-refractivity contribution >= 4 is 22.7 Å². The number of methoxy groups -OCH3 is 1. The molecule has 6 heteroatoms. The fourth-order valence-corrected chi connectivity index (χ4v) is 3.33. The van der Waals surface area contributed by atoms with Gasteiger partial charge in [0.25, 0.3) is 11.8 Å². The first kappa shape index (κ1) is 22.4. The number of hydrogen-bond acceptors (Lipinski definition) is 3. The number of H-pyrrole nitrogens is 1. The number of nitrogens with one attached hydrogen (secondary N) is 3. The van der Waals surface area contributed by atoms with Crippen LogP contribution in [0.25, 0.3) is 10.9 Å². The Hall–Kier alpha value is -3.28. The van der Waals surface area contributed by atoms with Crippen molar-refractivity contribution in [2.45, 2.75) is 33.6 Å². The molecule has 0 saturated carbocycles. The molecule has 1 atom stereocenters. The summed E-state index contributed by atoms with van der Waals surface area (Å²) in [5.41, 5.74) is 3.25. The zero-order valence-corrected chi connectivity index (χ0v) is 18.8. The first-order chi connectivity index (χ1) is 14.7. The van der Waals surface area contributed by atoms with Crippen LogP contribution in [0, 0.1) is 5.41 Å². The molecule has 3 aromatic rings. The van der Waals surface area contributed by atoms with Crippen LogP contribution < -0.4 is 15.4 Å². The SMILES string of the molecule is COc1ccc2[nH]cc(C(C)CNC(=O)c3ccc(C(=O)NCC(C)(C)C)cc3)c2c1. The fourth-order valence-electron chi connectivity index (χ4n) is 3.33. The van der Waals surface area contributed by atoms with Crippen LogP contribution in [-0.4, -0.2) is 37.0 Å². The van der Waals surface area contributed by atoms with E-state index in [2.05, 4.69) is 43.3 Å². The van der Waals surface area contributed by atoms with Crippen molar-refractivity contribution in [3.63, 3.8) is 0 Å². The van der Waals surface area contributed by atoms with Gasteiger partial charge in [-0.2, -0.15) is 0 Å². The number of hydrogen-bond donors (Lipinski definition) is 3. The van der Waals surface area contributed by atoms with Gasteiger partial charge in [0, 0.05) is 47.2 Å². The van der Waals surface area contributed by atoms with Crippen LogP contribution in [-0.2, 0) is 0 Å². The van der Waals surface area contributed by atoms with Gasteiger partial charge < -0.3 is 20.4 Å². The van der Waals surface area contributed by atoms with E-state index < -0.39 is 0 Å². The highest BCUT2D eigenvalue weighted by Gasteiger charge is 2.16. The number of aromatic amines is 1. The Labute approximate surface area is 183 Å². The van der Waals surface area contributed by atoms with Crippen molar-refractivity contribution in [3.05, 3.63) is 65.4 Å². The van der Waals surface area contributed by atoms with E-state index in [1.807, 2.05) is 24.4 Å². The maximum absolute atomic E-state index is 12.6.